The van der Waals surface area contributed by atoms with Crippen LogP contribution in [0.25, 0.3) is 0 Å². The molecule has 0 bridgehead atoms. The summed E-state index contributed by atoms with van der Waals surface area (Å²) in [4.78, 5) is 24.7. The Labute approximate surface area is 155 Å². The average molecular weight is 373 g/mol. The van der Waals surface area contributed by atoms with E-state index >= 15 is 0 Å². The van der Waals surface area contributed by atoms with Crippen LogP contribution in [-0.4, -0.2) is 23.4 Å². The fourth-order valence-corrected chi connectivity index (χ4v) is 2.67. The summed E-state index contributed by atoms with van der Waals surface area (Å²) in [6.07, 6.45) is 0. The summed E-state index contributed by atoms with van der Waals surface area (Å²) < 4.78 is 0. The summed E-state index contributed by atoms with van der Waals surface area (Å²) in [5.41, 5.74) is 2.14. The largest absolute Gasteiger partial charge is 0.308 e. The van der Waals surface area contributed by atoms with Gasteiger partial charge in [0.05, 0.1) is 5.69 Å². The molecule has 0 aliphatic carbocycles. The van der Waals surface area contributed by atoms with Crippen molar-refractivity contribution in [2.24, 2.45) is 15.0 Å². The lowest BCUT2D eigenvalue weighted by atomic mass is 10.2. The Morgan fingerprint density at radius 3 is 2.32 bits per heavy atom. The molecule has 25 heavy (non-hydrogen) atoms. The van der Waals surface area contributed by atoms with E-state index < -0.39 is 0 Å². The zero-order chi connectivity index (χ0) is 18.0. The van der Waals surface area contributed by atoms with Crippen LogP contribution in [0.15, 0.2) is 57.4 Å². The van der Waals surface area contributed by atoms with Gasteiger partial charge in [-0.3, -0.25) is 4.79 Å². The molecule has 0 atom stereocenters. The van der Waals surface area contributed by atoms with Crippen molar-refractivity contribution < 1.29 is 4.79 Å². The van der Waals surface area contributed by atoms with Gasteiger partial charge in [0, 0.05) is 22.5 Å². The van der Waals surface area contributed by atoms with Crippen LogP contribution in [0.3, 0.4) is 0 Å². The summed E-state index contributed by atoms with van der Waals surface area (Å²) in [6, 6.07) is 12.8. The first kappa shape index (κ1) is 17.3. The zero-order valence-electron chi connectivity index (χ0n) is 13.5. The molecule has 7 heteroatoms. The predicted molar refractivity (Wildman–Crippen MR) is 103 cm³/mol. The van der Waals surface area contributed by atoms with Crippen molar-refractivity contribution in [3.05, 3.63) is 63.6 Å². The monoisotopic (exact) mass is 372 g/mol. The SMILES string of the molecule is CC(=O)NC1=NC(c2ccccc2)=NC1=Nc1cc(Cl)c(C)c(Cl)c1. The zero-order valence-corrected chi connectivity index (χ0v) is 15.1. The van der Waals surface area contributed by atoms with Crippen molar-refractivity contribution in [3.63, 3.8) is 0 Å². The summed E-state index contributed by atoms with van der Waals surface area (Å²) in [5, 5.41) is 3.67. The van der Waals surface area contributed by atoms with E-state index in [4.69, 9.17) is 23.2 Å². The first-order chi connectivity index (χ1) is 11.9. The molecule has 1 aliphatic rings. The van der Waals surface area contributed by atoms with E-state index in [1.165, 1.54) is 6.92 Å². The van der Waals surface area contributed by atoms with Gasteiger partial charge in [0.15, 0.2) is 17.5 Å². The molecule has 0 unspecified atom stereocenters. The molecule has 2 aromatic rings. The second-order valence-corrected chi connectivity index (χ2v) is 6.23. The number of aliphatic imine (C=N–C) groups is 3. The van der Waals surface area contributed by atoms with Crippen molar-refractivity contribution in [1.29, 1.82) is 0 Å². The molecule has 1 heterocycles. The van der Waals surface area contributed by atoms with Gasteiger partial charge in [0.25, 0.3) is 0 Å². The first-order valence-electron chi connectivity index (χ1n) is 7.49. The number of amides is 1. The predicted octanol–water partition coefficient (Wildman–Crippen LogP) is 4.33. The highest BCUT2D eigenvalue weighted by molar-refractivity contribution is 6.50. The normalized spacial score (nSPS) is 15.1. The third-order valence-electron chi connectivity index (χ3n) is 3.47. The maximum absolute atomic E-state index is 11.5. The highest BCUT2D eigenvalue weighted by Gasteiger charge is 2.20. The molecular weight excluding hydrogens is 359 g/mol. The van der Waals surface area contributed by atoms with Gasteiger partial charge in [-0.15, -0.1) is 0 Å². The van der Waals surface area contributed by atoms with E-state index in [2.05, 4.69) is 20.3 Å². The number of carbonyl (C=O) groups is 1. The molecule has 2 aromatic carbocycles. The molecule has 0 saturated carbocycles. The molecule has 0 radical (unpaired) electrons. The molecule has 3 rings (SSSR count). The topological polar surface area (TPSA) is 66.2 Å². The summed E-state index contributed by atoms with van der Waals surface area (Å²) >= 11 is 12.3. The minimum absolute atomic E-state index is 0.254. The van der Waals surface area contributed by atoms with E-state index in [0.717, 1.165) is 11.1 Å². The van der Waals surface area contributed by atoms with Gasteiger partial charge < -0.3 is 5.32 Å². The van der Waals surface area contributed by atoms with E-state index in [1.807, 2.05) is 37.3 Å². The molecule has 0 aromatic heterocycles. The number of carbonyl (C=O) groups excluding carboxylic acids is 1. The number of hydrogen-bond donors (Lipinski definition) is 1. The minimum Gasteiger partial charge on any atom is -0.308 e. The fraction of sp³-hybridized carbons (Fsp3) is 0.111. The van der Waals surface area contributed by atoms with Crippen molar-refractivity contribution in [1.82, 2.24) is 5.32 Å². The van der Waals surface area contributed by atoms with Gasteiger partial charge in [0.2, 0.25) is 5.91 Å². The molecule has 0 saturated heterocycles. The van der Waals surface area contributed by atoms with Crippen molar-refractivity contribution in [2.75, 3.05) is 0 Å². The van der Waals surface area contributed by atoms with Crippen LogP contribution in [0.4, 0.5) is 5.69 Å². The van der Waals surface area contributed by atoms with Crippen molar-refractivity contribution in [3.8, 4) is 0 Å². The highest BCUT2D eigenvalue weighted by atomic mass is 35.5. The smallest absolute Gasteiger partial charge is 0.222 e. The standard InChI is InChI=1S/C18H14Cl2N4O/c1-10-14(19)8-13(9-15(10)20)22-18-17(21-11(2)25)23-16(24-18)12-6-4-3-5-7-12/h3-9H,1-2H3,(H,21,22,23,24,25). The fourth-order valence-electron chi connectivity index (χ4n) is 2.20. The van der Waals surface area contributed by atoms with Crippen molar-refractivity contribution >= 4 is 52.3 Å². The Balaban J connectivity index is 2.04. The Hall–Kier alpha value is -2.50. The van der Waals surface area contributed by atoms with Gasteiger partial charge in [-0.1, -0.05) is 53.5 Å². The number of hydrogen-bond acceptors (Lipinski definition) is 3. The summed E-state index contributed by atoms with van der Waals surface area (Å²) in [5.74, 6) is 0.813. The number of halogens is 2. The lowest BCUT2D eigenvalue weighted by Gasteiger charge is -2.04. The Bertz CT molecular complexity index is 910. The number of nitrogens with one attached hydrogen (secondary N) is 1. The van der Waals surface area contributed by atoms with Crippen LogP contribution >= 0.6 is 23.2 Å². The maximum Gasteiger partial charge on any atom is 0.222 e. The summed E-state index contributed by atoms with van der Waals surface area (Å²) in [6.45, 7) is 3.23. The van der Waals surface area contributed by atoms with E-state index in [0.29, 0.717) is 33.2 Å². The van der Waals surface area contributed by atoms with Crippen LogP contribution in [-0.2, 0) is 4.79 Å². The van der Waals surface area contributed by atoms with Crippen molar-refractivity contribution in [2.45, 2.75) is 13.8 Å². The molecule has 1 amide bonds. The molecule has 5 nitrogen and oxygen atoms in total. The second kappa shape index (κ2) is 7.17. The van der Waals surface area contributed by atoms with E-state index in [1.54, 1.807) is 12.1 Å². The van der Waals surface area contributed by atoms with Gasteiger partial charge in [-0.2, -0.15) is 0 Å². The Kier molecular flexibility index (Phi) is 4.97. The van der Waals surface area contributed by atoms with E-state index in [-0.39, 0.29) is 5.91 Å². The van der Waals surface area contributed by atoms with Crippen LogP contribution in [0.5, 0.6) is 0 Å². The third-order valence-corrected chi connectivity index (χ3v) is 4.25. The number of nitrogens with zero attached hydrogens (tertiary/aromatic N) is 3. The lowest BCUT2D eigenvalue weighted by molar-refractivity contribution is -0.117. The lowest BCUT2D eigenvalue weighted by Crippen LogP contribution is -2.32. The molecule has 126 valence electrons. The van der Waals surface area contributed by atoms with Gasteiger partial charge in [-0.25, -0.2) is 15.0 Å². The average Bonchev–Trinajstić information content (AvgIpc) is 2.95. The molecular formula is C18H14Cl2N4O. The van der Waals surface area contributed by atoms with E-state index in [9.17, 15) is 4.79 Å². The van der Waals surface area contributed by atoms with Gasteiger partial charge in [0.1, 0.15) is 0 Å². The Morgan fingerprint density at radius 2 is 1.72 bits per heavy atom. The summed E-state index contributed by atoms with van der Waals surface area (Å²) in [7, 11) is 0. The maximum atomic E-state index is 11.5. The quantitative estimate of drug-likeness (QED) is 0.837. The number of benzene rings is 2. The number of rotatable bonds is 2. The van der Waals surface area contributed by atoms with Crippen LogP contribution in [0.2, 0.25) is 10.0 Å². The first-order valence-corrected chi connectivity index (χ1v) is 8.25. The van der Waals surface area contributed by atoms with Gasteiger partial charge >= 0.3 is 0 Å². The molecule has 1 N–H and O–H groups in total. The highest BCUT2D eigenvalue weighted by Crippen LogP contribution is 2.30. The second-order valence-electron chi connectivity index (χ2n) is 5.41. The van der Waals surface area contributed by atoms with Crippen LogP contribution < -0.4 is 5.32 Å². The van der Waals surface area contributed by atoms with Crippen LogP contribution in [0, 0.1) is 6.92 Å². The minimum atomic E-state index is -0.254. The number of amidine groups is 3. The Morgan fingerprint density at radius 1 is 1.08 bits per heavy atom. The van der Waals surface area contributed by atoms with Crippen LogP contribution in [0.1, 0.15) is 18.1 Å². The molecule has 0 fully saturated rings. The van der Waals surface area contributed by atoms with Gasteiger partial charge in [-0.05, 0) is 24.6 Å². The third kappa shape index (κ3) is 3.95. The molecule has 1 aliphatic heterocycles. The molecule has 0 spiro atoms.